The number of ether oxygens (including phenoxy) is 1. The maximum absolute atomic E-state index is 11.9. The number of carbonyl (C=O) groups excluding carboxylic acids is 1. The van der Waals surface area contributed by atoms with E-state index in [9.17, 15) is 4.79 Å². The number of carbonyl (C=O) groups is 1. The van der Waals surface area contributed by atoms with Crippen LogP contribution in [0.3, 0.4) is 0 Å². The summed E-state index contributed by atoms with van der Waals surface area (Å²) >= 11 is 0. The van der Waals surface area contributed by atoms with Gasteiger partial charge in [0.05, 0.1) is 18.8 Å². The summed E-state index contributed by atoms with van der Waals surface area (Å²) in [6, 6.07) is 1.87. The maximum atomic E-state index is 11.9. The van der Waals surface area contributed by atoms with Gasteiger partial charge in [-0.2, -0.15) is 15.3 Å². The summed E-state index contributed by atoms with van der Waals surface area (Å²) in [7, 11) is 0. The fourth-order valence-corrected chi connectivity index (χ4v) is 2.46. The van der Waals surface area contributed by atoms with Gasteiger partial charge in [-0.05, 0) is 0 Å². The Morgan fingerprint density at radius 1 is 1.50 bits per heavy atom. The summed E-state index contributed by atoms with van der Waals surface area (Å²) in [4.78, 5) is 11.9. The number of amides is 1. The molecule has 1 amide bonds. The Bertz CT molecular complexity index is 599. The molecule has 1 N–H and O–H groups in total. The number of hydrogen-bond acceptors (Lipinski definition) is 5. The van der Waals surface area contributed by atoms with E-state index in [1.165, 1.54) is 0 Å². The van der Waals surface area contributed by atoms with Crippen LogP contribution in [0.1, 0.15) is 37.8 Å². The Kier molecular flexibility index (Phi) is 4.09. The molecule has 3 rings (SSSR count). The Labute approximate surface area is 129 Å². The average molecular weight is 301 g/mol. The predicted octanol–water partition coefficient (Wildman–Crippen LogP) is 1.64. The summed E-state index contributed by atoms with van der Waals surface area (Å²) in [5.41, 5.74) is 0.415. The third kappa shape index (κ3) is 3.45. The first kappa shape index (κ1) is 14.6. The number of fused-ring (bicyclic) bond motifs is 1. The van der Waals surface area contributed by atoms with Gasteiger partial charge in [0.15, 0.2) is 5.66 Å². The van der Waals surface area contributed by atoms with Crippen molar-refractivity contribution < 1.29 is 9.53 Å². The number of nitrogens with zero attached hydrogens (tertiary/aromatic N) is 4. The molecule has 2 aliphatic heterocycles. The zero-order chi connectivity index (χ0) is 15.4. The van der Waals surface area contributed by atoms with Crippen LogP contribution in [0.15, 0.2) is 16.3 Å². The van der Waals surface area contributed by atoms with Crippen molar-refractivity contribution >= 4 is 5.91 Å². The van der Waals surface area contributed by atoms with Crippen LogP contribution in [0.5, 0.6) is 5.88 Å². The van der Waals surface area contributed by atoms with Crippen LogP contribution in [0.2, 0.25) is 0 Å². The zero-order valence-corrected chi connectivity index (χ0v) is 12.4. The normalized spacial score (nSPS) is 17.2. The molecule has 3 heterocycles. The van der Waals surface area contributed by atoms with E-state index in [1.807, 2.05) is 10.7 Å². The van der Waals surface area contributed by atoms with Crippen molar-refractivity contribution in [2.75, 3.05) is 6.61 Å². The van der Waals surface area contributed by atoms with E-state index in [0.29, 0.717) is 25.8 Å². The first-order valence-electron chi connectivity index (χ1n) is 7.54. The molecule has 2 aliphatic rings. The quantitative estimate of drug-likeness (QED) is 0.777. The first-order valence-corrected chi connectivity index (χ1v) is 7.54. The molecular formula is C15H19N5O2. The van der Waals surface area contributed by atoms with E-state index in [4.69, 9.17) is 11.2 Å². The number of hydrogen-bond donors (Lipinski definition) is 1. The van der Waals surface area contributed by atoms with Gasteiger partial charge in [-0.1, -0.05) is 0 Å². The summed E-state index contributed by atoms with van der Waals surface area (Å²) < 4.78 is 7.33. The van der Waals surface area contributed by atoms with Crippen molar-refractivity contribution in [1.29, 1.82) is 0 Å². The van der Waals surface area contributed by atoms with Crippen LogP contribution in [0.4, 0.5) is 0 Å². The lowest BCUT2D eigenvalue weighted by atomic mass is 10.0. The lowest BCUT2D eigenvalue weighted by Crippen LogP contribution is -2.25. The van der Waals surface area contributed by atoms with Crippen molar-refractivity contribution in [3.05, 3.63) is 11.8 Å². The molecule has 116 valence electrons. The molecule has 7 nitrogen and oxygen atoms in total. The van der Waals surface area contributed by atoms with Crippen LogP contribution >= 0.6 is 0 Å². The van der Waals surface area contributed by atoms with E-state index in [1.54, 1.807) is 0 Å². The molecule has 0 saturated heterocycles. The van der Waals surface area contributed by atoms with Gasteiger partial charge >= 0.3 is 0 Å². The van der Waals surface area contributed by atoms with Gasteiger partial charge in [-0.25, -0.2) is 4.68 Å². The van der Waals surface area contributed by atoms with Crippen molar-refractivity contribution in [3.63, 3.8) is 0 Å². The van der Waals surface area contributed by atoms with Crippen LogP contribution in [-0.4, -0.2) is 28.0 Å². The highest BCUT2D eigenvalue weighted by Gasteiger charge is 2.39. The van der Waals surface area contributed by atoms with Crippen LogP contribution < -0.4 is 10.1 Å². The van der Waals surface area contributed by atoms with E-state index in [-0.39, 0.29) is 5.91 Å². The first-order chi connectivity index (χ1) is 10.7. The fraction of sp³-hybridized carbons (Fsp3) is 0.600. The lowest BCUT2D eigenvalue weighted by Gasteiger charge is -2.13. The molecule has 0 aliphatic carbocycles. The fourth-order valence-electron chi connectivity index (χ4n) is 2.46. The van der Waals surface area contributed by atoms with Gasteiger partial charge < -0.3 is 10.1 Å². The van der Waals surface area contributed by atoms with Crippen LogP contribution in [0, 0.1) is 12.3 Å². The molecule has 1 aromatic rings. The summed E-state index contributed by atoms with van der Waals surface area (Å²) in [6.45, 7) is 2.00. The second kappa shape index (κ2) is 6.18. The van der Waals surface area contributed by atoms with Crippen molar-refractivity contribution in [1.82, 2.24) is 15.1 Å². The molecule has 7 heteroatoms. The number of nitrogens with one attached hydrogen (secondary N) is 1. The maximum Gasteiger partial charge on any atom is 0.220 e. The Hall–Kier alpha value is -2.36. The van der Waals surface area contributed by atoms with Gasteiger partial charge in [-0.3, -0.25) is 4.79 Å². The SMILES string of the molecule is C#CCCC1(CCC(=O)NCc2cc3n(n2)CCCO3)N=N1. The monoisotopic (exact) mass is 301 g/mol. The number of aromatic nitrogens is 2. The highest BCUT2D eigenvalue weighted by molar-refractivity contribution is 5.75. The summed E-state index contributed by atoms with van der Waals surface area (Å²) in [6.07, 6.45) is 8.57. The minimum absolute atomic E-state index is 0.0238. The zero-order valence-electron chi connectivity index (χ0n) is 12.4. The van der Waals surface area contributed by atoms with E-state index < -0.39 is 5.66 Å². The van der Waals surface area contributed by atoms with Crippen LogP contribution in [0.25, 0.3) is 0 Å². The van der Waals surface area contributed by atoms with Crippen molar-refractivity contribution in [2.45, 2.75) is 50.9 Å². The minimum Gasteiger partial charge on any atom is -0.478 e. The molecule has 0 radical (unpaired) electrons. The predicted molar refractivity (Wildman–Crippen MR) is 79.1 cm³/mol. The Morgan fingerprint density at radius 3 is 3.09 bits per heavy atom. The van der Waals surface area contributed by atoms with Crippen molar-refractivity contribution in [2.24, 2.45) is 10.2 Å². The minimum atomic E-state index is -0.398. The third-order valence-corrected chi connectivity index (χ3v) is 3.83. The average Bonchev–Trinajstić information content (AvgIpc) is 3.18. The molecule has 0 saturated carbocycles. The molecule has 1 aromatic heterocycles. The number of aryl methyl sites for hydroxylation is 1. The van der Waals surface area contributed by atoms with Crippen molar-refractivity contribution in [3.8, 4) is 18.2 Å². The summed E-state index contributed by atoms with van der Waals surface area (Å²) in [5, 5.41) is 15.3. The Balaban J connectivity index is 1.41. The highest BCUT2D eigenvalue weighted by Crippen LogP contribution is 2.37. The molecular weight excluding hydrogens is 282 g/mol. The molecule has 0 fully saturated rings. The molecule has 22 heavy (non-hydrogen) atoms. The lowest BCUT2D eigenvalue weighted by molar-refractivity contribution is -0.121. The second-order valence-electron chi connectivity index (χ2n) is 5.56. The number of rotatable bonds is 7. The molecule has 0 spiro atoms. The standard InChI is InChI=1S/C15H19N5O2/c1-2-3-6-15(18-19-15)7-5-13(21)16-11-12-10-14-20(17-12)8-4-9-22-14/h1,10H,3-9,11H2,(H,16,21). The number of terminal acetylenes is 1. The highest BCUT2D eigenvalue weighted by atomic mass is 16.5. The van der Waals surface area contributed by atoms with Gasteiger partial charge in [0.1, 0.15) is 0 Å². The molecule has 0 atom stereocenters. The smallest absolute Gasteiger partial charge is 0.220 e. The van der Waals surface area contributed by atoms with Gasteiger partial charge in [0.25, 0.3) is 0 Å². The third-order valence-electron chi connectivity index (χ3n) is 3.83. The van der Waals surface area contributed by atoms with E-state index >= 15 is 0 Å². The topological polar surface area (TPSA) is 80.9 Å². The van der Waals surface area contributed by atoms with Gasteiger partial charge in [0.2, 0.25) is 11.8 Å². The van der Waals surface area contributed by atoms with E-state index in [0.717, 1.165) is 37.6 Å². The Morgan fingerprint density at radius 2 is 2.36 bits per heavy atom. The molecule has 0 aromatic carbocycles. The summed E-state index contributed by atoms with van der Waals surface area (Å²) in [5.74, 6) is 3.33. The molecule has 0 bridgehead atoms. The van der Waals surface area contributed by atoms with Crippen LogP contribution in [-0.2, 0) is 17.9 Å². The van der Waals surface area contributed by atoms with E-state index in [2.05, 4.69) is 26.6 Å². The van der Waals surface area contributed by atoms with Gasteiger partial charge in [0, 0.05) is 44.7 Å². The van der Waals surface area contributed by atoms with Gasteiger partial charge in [-0.15, -0.1) is 12.3 Å². The second-order valence-corrected chi connectivity index (χ2v) is 5.56. The molecule has 0 unspecified atom stereocenters. The largest absolute Gasteiger partial charge is 0.478 e.